The number of nitrogens with two attached hydrogens (primary N) is 1. The molecular formula is C14H19FN2O. The van der Waals surface area contributed by atoms with Crippen LogP contribution in [-0.4, -0.2) is 17.4 Å². The van der Waals surface area contributed by atoms with Gasteiger partial charge in [0.1, 0.15) is 5.82 Å². The number of nitrogens with zero attached hydrogens (tertiary/aromatic N) is 1. The molecule has 1 heterocycles. The minimum absolute atomic E-state index is 0.134. The van der Waals surface area contributed by atoms with E-state index in [2.05, 4.69) is 0 Å². The molecule has 0 atom stereocenters. The molecule has 1 amide bonds. The van der Waals surface area contributed by atoms with Crippen molar-refractivity contribution in [1.82, 2.24) is 4.90 Å². The third-order valence-corrected chi connectivity index (χ3v) is 3.39. The molecule has 1 aromatic carbocycles. The van der Waals surface area contributed by atoms with E-state index in [0.29, 0.717) is 25.1 Å². The molecule has 1 saturated heterocycles. The highest BCUT2D eigenvalue weighted by Gasteiger charge is 2.18. The predicted octanol–water partition coefficient (Wildman–Crippen LogP) is 2.19. The summed E-state index contributed by atoms with van der Waals surface area (Å²) in [5.74, 6) is -0.134. The van der Waals surface area contributed by atoms with E-state index in [1.54, 1.807) is 11.0 Å². The monoisotopic (exact) mass is 250 g/mol. The maximum absolute atomic E-state index is 13.8. The summed E-state index contributed by atoms with van der Waals surface area (Å²) in [6.07, 6.45) is 3.62. The molecule has 18 heavy (non-hydrogen) atoms. The lowest BCUT2D eigenvalue weighted by Crippen LogP contribution is -2.30. The average Bonchev–Trinajstić information content (AvgIpc) is 2.57. The highest BCUT2D eigenvalue weighted by atomic mass is 19.1. The molecule has 1 aliphatic rings. The number of hydrogen-bond donors (Lipinski definition) is 1. The van der Waals surface area contributed by atoms with Crippen molar-refractivity contribution in [2.24, 2.45) is 5.73 Å². The summed E-state index contributed by atoms with van der Waals surface area (Å²) in [5.41, 5.74) is 6.81. The highest BCUT2D eigenvalue weighted by molar-refractivity contribution is 5.76. The molecule has 0 unspecified atom stereocenters. The van der Waals surface area contributed by atoms with Crippen LogP contribution in [0.5, 0.6) is 0 Å². The molecule has 1 aromatic rings. The molecule has 4 heteroatoms. The van der Waals surface area contributed by atoms with E-state index >= 15 is 0 Å². The van der Waals surface area contributed by atoms with E-state index < -0.39 is 0 Å². The summed E-state index contributed by atoms with van der Waals surface area (Å²) in [6.45, 7) is 1.44. The van der Waals surface area contributed by atoms with Gasteiger partial charge in [-0.05, 0) is 24.5 Å². The normalized spacial score (nSPS) is 16.8. The van der Waals surface area contributed by atoms with E-state index in [0.717, 1.165) is 31.4 Å². The molecule has 0 spiro atoms. The summed E-state index contributed by atoms with van der Waals surface area (Å²) >= 11 is 0. The van der Waals surface area contributed by atoms with Crippen LogP contribution in [0.1, 0.15) is 36.8 Å². The minimum Gasteiger partial charge on any atom is -0.338 e. The molecule has 0 saturated carbocycles. The molecule has 0 bridgehead atoms. The molecule has 2 N–H and O–H groups in total. The zero-order valence-electron chi connectivity index (χ0n) is 10.5. The molecule has 3 nitrogen and oxygen atoms in total. The lowest BCUT2D eigenvalue weighted by molar-refractivity contribution is -0.131. The molecule has 0 aliphatic carbocycles. The van der Waals surface area contributed by atoms with Gasteiger partial charge in [0.2, 0.25) is 5.91 Å². The van der Waals surface area contributed by atoms with E-state index in [1.165, 1.54) is 6.07 Å². The summed E-state index contributed by atoms with van der Waals surface area (Å²) in [6, 6.07) is 5.01. The van der Waals surface area contributed by atoms with Crippen LogP contribution in [0.15, 0.2) is 18.2 Å². The standard InChI is InChI=1S/C14H19FN2O/c15-13-8-11(9-16)5-6-12(13)10-17-7-3-1-2-4-14(17)18/h5-6,8H,1-4,7,9-10,16H2. The van der Waals surface area contributed by atoms with Gasteiger partial charge in [0.15, 0.2) is 0 Å². The van der Waals surface area contributed by atoms with Crippen LogP contribution in [0.25, 0.3) is 0 Å². The van der Waals surface area contributed by atoms with Gasteiger partial charge in [0, 0.05) is 31.6 Å². The highest BCUT2D eigenvalue weighted by Crippen LogP contribution is 2.17. The van der Waals surface area contributed by atoms with Crippen LogP contribution in [0, 0.1) is 5.82 Å². The van der Waals surface area contributed by atoms with E-state index in [1.807, 2.05) is 6.07 Å². The second-order valence-electron chi connectivity index (χ2n) is 4.76. The predicted molar refractivity (Wildman–Crippen MR) is 68.2 cm³/mol. The Bertz CT molecular complexity index is 434. The van der Waals surface area contributed by atoms with Crippen molar-refractivity contribution in [3.63, 3.8) is 0 Å². The van der Waals surface area contributed by atoms with Crippen molar-refractivity contribution in [2.75, 3.05) is 6.54 Å². The minimum atomic E-state index is -0.269. The topological polar surface area (TPSA) is 46.3 Å². The van der Waals surface area contributed by atoms with E-state index in [4.69, 9.17) is 5.73 Å². The van der Waals surface area contributed by atoms with Gasteiger partial charge in [-0.25, -0.2) is 4.39 Å². The Labute approximate surface area is 107 Å². The summed E-state index contributed by atoms with van der Waals surface area (Å²) in [5, 5.41) is 0. The Hall–Kier alpha value is -1.42. The molecular weight excluding hydrogens is 231 g/mol. The SMILES string of the molecule is NCc1ccc(CN2CCCCCC2=O)c(F)c1. The van der Waals surface area contributed by atoms with Crippen LogP contribution in [0.2, 0.25) is 0 Å². The quantitative estimate of drug-likeness (QED) is 0.893. The van der Waals surface area contributed by atoms with Crippen molar-refractivity contribution in [1.29, 1.82) is 0 Å². The van der Waals surface area contributed by atoms with Gasteiger partial charge >= 0.3 is 0 Å². The first kappa shape index (κ1) is 13.0. The van der Waals surface area contributed by atoms with Crippen LogP contribution < -0.4 is 5.73 Å². The van der Waals surface area contributed by atoms with Crippen molar-refractivity contribution >= 4 is 5.91 Å². The number of benzene rings is 1. The Balaban J connectivity index is 2.10. The molecule has 0 radical (unpaired) electrons. The second-order valence-corrected chi connectivity index (χ2v) is 4.76. The fourth-order valence-electron chi connectivity index (χ4n) is 2.26. The summed E-state index contributed by atoms with van der Waals surface area (Å²) in [7, 11) is 0. The zero-order chi connectivity index (χ0) is 13.0. The van der Waals surface area contributed by atoms with Gasteiger partial charge in [0.25, 0.3) is 0 Å². The lowest BCUT2D eigenvalue weighted by Gasteiger charge is -2.21. The van der Waals surface area contributed by atoms with Crippen molar-refractivity contribution in [3.05, 3.63) is 35.1 Å². The molecule has 2 rings (SSSR count). The Kier molecular flexibility index (Phi) is 4.31. The van der Waals surface area contributed by atoms with Gasteiger partial charge < -0.3 is 10.6 Å². The third kappa shape index (κ3) is 3.07. The lowest BCUT2D eigenvalue weighted by atomic mass is 10.1. The molecule has 0 aromatic heterocycles. The second kappa shape index (κ2) is 5.96. The van der Waals surface area contributed by atoms with Crippen LogP contribution in [0.4, 0.5) is 4.39 Å². The third-order valence-electron chi connectivity index (χ3n) is 3.39. The van der Waals surface area contributed by atoms with E-state index in [-0.39, 0.29) is 11.7 Å². The number of rotatable bonds is 3. The number of likely N-dealkylation sites (tertiary alicyclic amines) is 1. The number of carbonyl (C=O) groups excluding carboxylic acids is 1. The van der Waals surface area contributed by atoms with Crippen LogP contribution >= 0.6 is 0 Å². The number of hydrogen-bond acceptors (Lipinski definition) is 2. The van der Waals surface area contributed by atoms with Crippen molar-refractivity contribution in [2.45, 2.75) is 38.8 Å². The Morgan fingerprint density at radius 3 is 2.83 bits per heavy atom. The first-order valence-electron chi connectivity index (χ1n) is 6.46. The molecule has 98 valence electrons. The number of halogens is 1. The van der Waals surface area contributed by atoms with Crippen LogP contribution in [0.3, 0.4) is 0 Å². The number of carbonyl (C=O) groups is 1. The summed E-state index contributed by atoms with van der Waals surface area (Å²) in [4.78, 5) is 13.6. The average molecular weight is 250 g/mol. The van der Waals surface area contributed by atoms with Gasteiger partial charge in [-0.1, -0.05) is 18.6 Å². The molecule has 1 fully saturated rings. The van der Waals surface area contributed by atoms with Crippen molar-refractivity contribution < 1.29 is 9.18 Å². The maximum Gasteiger partial charge on any atom is 0.222 e. The van der Waals surface area contributed by atoms with Gasteiger partial charge in [-0.2, -0.15) is 0 Å². The molecule has 1 aliphatic heterocycles. The Morgan fingerprint density at radius 2 is 2.11 bits per heavy atom. The largest absolute Gasteiger partial charge is 0.338 e. The summed E-state index contributed by atoms with van der Waals surface area (Å²) < 4.78 is 13.8. The fraction of sp³-hybridized carbons (Fsp3) is 0.500. The van der Waals surface area contributed by atoms with Crippen molar-refractivity contribution in [3.8, 4) is 0 Å². The first-order valence-corrected chi connectivity index (χ1v) is 6.46. The Morgan fingerprint density at radius 1 is 1.28 bits per heavy atom. The van der Waals surface area contributed by atoms with Gasteiger partial charge in [-0.15, -0.1) is 0 Å². The van der Waals surface area contributed by atoms with Gasteiger partial charge in [0.05, 0.1) is 0 Å². The van der Waals surface area contributed by atoms with Crippen LogP contribution in [-0.2, 0) is 17.9 Å². The maximum atomic E-state index is 13.8. The zero-order valence-corrected chi connectivity index (χ0v) is 10.5. The fourth-order valence-corrected chi connectivity index (χ4v) is 2.26. The van der Waals surface area contributed by atoms with Gasteiger partial charge in [-0.3, -0.25) is 4.79 Å². The number of amides is 1. The first-order chi connectivity index (χ1) is 8.70. The van der Waals surface area contributed by atoms with E-state index in [9.17, 15) is 9.18 Å². The smallest absolute Gasteiger partial charge is 0.222 e.